The van der Waals surface area contributed by atoms with Crippen molar-refractivity contribution in [1.29, 1.82) is 0 Å². The van der Waals surface area contributed by atoms with Crippen LogP contribution in [-0.4, -0.2) is 61.2 Å². The Morgan fingerprint density at radius 3 is 2.32 bits per heavy atom. The van der Waals surface area contributed by atoms with E-state index in [2.05, 4.69) is 62.2 Å². The molecule has 0 radical (unpaired) electrons. The number of rotatable bonds is 8. The maximum atomic E-state index is 14.9. The highest BCUT2D eigenvalue weighted by Crippen LogP contribution is 2.40. The highest BCUT2D eigenvalue weighted by atomic mass is 32.2. The van der Waals surface area contributed by atoms with Crippen LogP contribution in [0.3, 0.4) is 0 Å². The van der Waals surface area contributed by atoms with Gasteiger partial charge >= 0.3 is 0 Å². The molecule has 2 aliphatic heterocycles. The number of benzene rings is 2. The Morgan fingerprint density at radius 1 is 1.11 bits per heavy atom. The van der Waals surface area contributed by atoms with Crippen LogP contribution in [0.1, 0.15) is 96.2 Å². The molecule has 0 aliphatic carbocycles. The quantitative estimate of drug-likeness (QED) is 0.314. The summed E-state index contributed by atoms with van der Waals surface area (Å²) >= 11 is -0.323. The summed E-state index contributed by atoms with van der Waals surface area (Å²) in [5.41, 5.74) is 2.34. The minimum absolute atomic E-state index is 0.0282. The number of halogens is 1. The molecule has 3 atom stereocenters. The molecule has 1 fully saturated rings. The Hall–Kier alpha value is -2.40. The van der Waals surface area contributed by atoms with Crippen molar-refractivity contribution < 1.29 is 21.7 Å². The lowest BCUT2D eigenvalue weighted by Crippen LogP contribution is -2.53. The molecule has 4 rings (SSSR count). The van der Waals surface area contributed by atoms with Gasteiger partial charge in [0.25, 0.3) is 6.02 Å². The van der Waals surface area contributed by atoms with E-state index in [0.29, 0.717) is 24.2 Å². The molecular weight excluding hydrogens is 598 g/mol. The Bertz CT molecular complexity index is 1480. The van der Waals surface area contributed by atoms with Gasteiger partial charge in [0.2, 0.25) is 10.0 Å². The van der Waals surface area contributed by atoms with Crippen LogP contribution in [0.2, 0.25) is 0 Å². The third-order valence-electron chi connectivity index (χ3n) is 8.32. The Labute approximate surface area is 266 Å². The van der Waals surface area contributed by atoms with E-state index < -0.39 is 32.7 Å². The molecule has 0 saturated carbocycles. The van der Waals surface area contributed by atoms with Gasteiger partial charge in [-0.1, -0.05) is 48.5 Å². The Morgan fingerprint density at radius 2 is 1.77 bits per heavy atom. The number of sulfonamides is 1. The molecule has 1 saturated heterocycles. The first-order valence-corrected chi connectivity index (χ1v) is 18.4. The van der Waals surface area contributed by atoms with Crippen LogP contribution in [0.5, 0.6) is 0 Å². The summed E-state index contributed by atoms with van der Waals surface area (Å²) < 4.78 is 57.2. The van der Waals surface area contributed by atoms with Gasteiger partial charge in [-0.05, 0) is 84.6 Å². The number of hydrogen-bond acceptors (Lipinski definition) is 6. The molecule has 242 valence electrons. The zero-order valence-electron chi connectivity index (χ0n) is 27.6. The van der Waals surface area contributed by atoms with Gasteiger partial charge < -0.3 is 4.74 Å². The van der Waals surface area contributed by atoms with Crippen molar-refractivity contribution >= 4 is 32.8 Å². The number of nitrogens with zero attached hydrogens (tertiary/aromatic N) is 2. The van der Waals surface area contributed by atoms with Gasteiger partial charge in [-0.3, -0.25) is 4.90 Å². The highest BCUT2D eigenvalue weighted by molar-refractivity contribution is 7.93. The van der Waals surface area contributed by atoms with Gasteiger partial charge in [0, 0.05) is 30.6 Å². The first-order valence-electron chi connectivity index (χ1n) is 15.2. The van der Waals surface area contributed by atoms with Crippen LogP contribution in [0.4, 0.5) is 4.39 Å². The standard InChI is InChI=1S/C34H49FN3O4S2/c1-32(2,3)38-21-18-25(19-22-38)24-14-16-26(17-15-24)30-34(7,8)42-31(37-44(30,39)40)36-29(27-12-10-11-13-28(27)35)20-23-41-43(9)33(4,5)6/h10-18,29-30H,19-23H2,1-9H3,(H,36,37)/q+1/t29-,30?,43?/m0/s1. The predicted molar refractivity (Wildman–Crippen MR) is 181 cm³/mol. The van der Waals surface area contributed by atoms with E-state index in [0.717, 1.165) is 25.1 Å². The highest BCUT2D eigenvalue weighted by Gasteiger charge is 2.48. The Kier molecular flexibility index (Phi) is 10.3. The molecule has 44 heavy (non-hydrogen) atoms. The van der Waals surface area contributed by atoms with Gasteiger partial charge in [-0.15, -0.1) is 0 Å². The maximum absolute atomic E-state index is 14.9. The van der Waals surface area contributed by atoms with Crippen LogP contribution < -0.4 is 4.72 Å². The summed E-state index contributed by atoms with van der Waals surface area (Å²) in [4.78, 5) is 7.06. The number of hydrogen-bond donors (Lipinski definition) is 1. The molecule has 10 heteroatoms. The average molecular weight is 647 g/mol. The van der Waals surface area contributed by atoms with Crippen molar-refractivity contribution in [3.63, 3.8) is 0 Å². The lowest BCUT2D eigenvalue weighted by Gasteiger charge is -2.39. The largest absolute Gasteiger partial charge is 0.457 e. The lowest BCUT2D eigenvalue weighted by molar-refractivity contribution is 0.0759. The molecule has 0 aromatic heterocycles. The van der Waals surface area contributed by atoms with Gasteiger partial charge in [-0.25, -0.2) is 22.5 Å². The minimum atomic E-state index is -3.94. The van der Waals surface area contributed by atoms with E-state index in [9.17, 15) is 12.8 Å². The number of aliphatic imine (C=N–C) groups is 1. The molecule has 2 heterocycles. The average Bonchev–Trinajstić information content (AvgIpc) is 2.91. The summed E-state index contributed by atoms with van der Waals surface area (Å²) in [5, 5.41) is -0.969. The van der Waals surface area contributed by atoms with Gasteiger partial charge in [0.1, 0.15) is 40.7 Å². The zero-order chi connectivity index (χ0) is 32.5. The molecule has 2 aliphatic rings. The first-order chi connectivity index (χ1) is 20.4. The van der Waals surface area contributed by atoms with E-state index >= 15 is 0 Å². The topological polar surface area (TPSA) is 80.2 Å². The smallest absolute Gasteiger partial charge is 0.299 e. The fourth-order valence-corrected chi connectivity index (χ4v) is 8.03. The molecule has 0 spiro atoms. The summed E-state index contributed by atoms with van der Waals surface area (Å²) in [6.45, 7) is 18.7. The molecule has 0 amide bonds. The number of amidine groups is 1. The second kappa shape index (κ2) is 13.1. The van der Waals surface area contributed by atoms with Crippen LogP contribution >= 0.6 is 0 Å². The van der Waals surface area contributed by atoms with Gasteiger partial charge in [0.15, 0.2) is 4.75 Å². The van der Waals surface area contributed by atoms with Crippen molar-refractivity contribution in [2.45, 2.75) is 95.4 Å². The summed E-state index contributed by atoms with van der Waals surface area (Å²) in [7, 11) is -3.94. The molecule has 1 N–H and O–H groups in total. The second-order valence-electron chi connectivity index (χ2n) is 14.1. The van der Waals surface area contributed by atoms with Crippen molar-refractivity contribution in [1.82, 2.24) is 9.62 Å². The third-order valence-corrected chi connectivity index (χ3v) is 12.5. The van der Waals surface area contributed by atoms with Gasteiger partial charge in [0.05, 0.1) is 6.04 Å². The molecule has 2 aromatic rings. The van der Waals surface area contributed by atoms with E-state index in [1.54, 1.807) is 32.0 Å². The molecular formula is C34H49FN3O4S2+. The van der Waals surface area contributed by atoms with E-state index in [1.165, 1.54) is 11.6 Å². The van der Waals surface area contributed by atoms with Crippen LogP contribution in [-0.2, 0) is 30.1 Å². The van der Waals surface area contributed by atoms with Crippen molar-refractivity contribution in [3.05, 3.63) is 77.1 Å². The normalized spacial score (nSPS) is 22.9. The van der Waals surface area contributed by atoms with E-state index in [-0.39, 0.29) is 27.5 Å². The van der Waals surface area contributed by atoms with Crippen molar-refractivity contribution in [3.8, 4) is 0 Å². The van der Waals surface area contributed by atoms with Gasteiger partial charge in [-0.2, -0.15) is 4.18 Å². The predicted octanol–water partition coefficient (Wildman–Crippen LogP) is 6.95. The fourth-order valence-electron chi connectivity index (χ4n) is 5.56. The van der Waals surface area contributed by atoms with E-state index in [4.69, 9.17) is 8.92 Å². The molecule has 2 unspecified atom stereocenters. The van der Waals surface area contributed by atoms with Crippen LogP contribution in [0, 0.1) is 5.82 Å². The van der Waals surface area contributed by atoms with Crippen molar-refractivity contribution in [2.75, 3.05) is 26.0 Å². The van der Waals surface area contributed by atoms with Crippen LogP contribution in [0.25, 0.3) is 5.57 Å². The molecule has 0 bridgehead atoms. The SMILES string of the molecule is C[S+](OCC[C@H](N=C1NS(=O)(=O)C(c2ccc(C3=CCN(C(C)(C)C)CC3)cc2)C(C)(C)O1)c1ccccc1F)C(C)(C)C. The second-order valence-corrected chi connectivity index (χ2v) is 18.2. The van der Waals surface area contributed by atoms with E-state index in [1.807, 2.05) is 30.5 Å². The molecule has 2 aromatic carbocycles. The monoisotopic (exact) mass is 646 g/mol. The summed E-state index contributed by atoms with van der Waals surface area (Å²) in [5.74, 6) is -0.414. The Balaban J connectivity index is 1.55. The number of nitrogens with one attached hydrogen (secondary N) is 1. The lowest BCUT2D eigenvalue weighted by atomic mass is 9.93. The number of ether oxygens (including phenoxy) is 1. The first kappa shape index (κ1) is 34.5. The fraction of sp³-hybridized carbons (Fsp3) is 0.559. The minimum Gasteiger partial charge on any atom is -0.457 e. The zero-order valence-corrected chi connectivity index (χ0v) is 29.2. The summed E-state index contributed by atoms with van der Waals surface area (Å²) in [6.07, 6.45) is 5.60. The van der Waals surface area contributed by atoms with Crippen molar-refractivity contribution in [2.24, 2.45) is 4.99 Å². The van der Waals surface area contributed by atoms with Crippen LogP contribution in [0.15, 0.2) is 59.6 Å². The third kappa shape index (κ3) is 8.24. The summed E-state index contributed by atoms with van der Waals surface area (Å²) in [6, 6.07) is 13.3. The molecule has 7 nitrogen and oxygen atoms in total. The maximum Gasteiger partial charge on any atom is 0.299 e.